The fourth-order valence-electron chi connectivity index (χ4n) is 1.64. The molecule has 1 aliphatic carbocycles. The van der Waals surface area contributed by atoms with E-state index in [0.29, 0.717) is 11.3 Å². The Morgan fingerprint density at radius 2 is 1.86 bits per heavy atom. The smallest absolute Gasteiger partial charge is 0.361 e. The molecule has 0 N–H and O–H groups in total. The van der Waals surface area contributed by atoms with E-state index in [-0.39, 0.29) is 18.5 Å². The lowest BCUT2D eigenvalue weighted by Gasteiger charge is -2.16. The average Bonchev–Trinajstić information content (AvgIpc) is 2.79. The van der Waals surface area contributed by atoms with Gasteiger partial charge in [0.2, 0.25) is 0 Å². The van der Waals surface area contributed by atoms with Gasteiger partial charge in [-0.2, -0.15) is 13.2 Å². The topological polar surface area (TPSA) is 26.0 Å². The molecule has 0 atom stereocenters. The summed E-state index contributed by atoms with van der Waals surface area (Å²) in [6, 6.07) is 0. The summed E-state index contributed by atoms with van der Waals surface area (Å²) in [6.45, 7) is 3.24. The molecule has 0 aliphatic heterocycles. The van der Waals surface area contributed by atoms with Gasteiger partial charge in [-0.05, 0) is 26.7 Å². The molecule has 1 saturated carbocycles. The molecule has 2 nitrogen and oxygen atoms in total. The maximum Gasteiger partial charge on any atom is 0.400 e. The SMILES string of the molecule is Cc1onc(C2(C(F)(F)F)CC2)c1C. The molecule has 1 aromatic rings. The molecule has 0 aromatic carbocycles. The molecule has 78 valence electrons. The molecule has 1 aromatic heterocycles. The van der Waals surface area contributed by atoms with Crippen molar-refractivity contribution in [3.63, 3.8) is 0 Å². The summed E-state index contributed by atoms with van der Waals surface area (Å²) in [7, 11) is 0. The molecule has 0 bridgehead atoms. The number of aromatic nitrogens is 1. The Bertz CT molecular complexity index is 363. The van der Waals surface area contributed by atoms with E-state index in [1.165, 1.54) is 0 Å². The molecule has 14 heavy (non-hydrogen) atoms. The average molecular weight is 205 g/mol. The van der Waals surface area contributed by atoms with Gasteiger partial charge in [0.05, 0.1) is 0 Å². The summed E-state index contributed by atoms with van der Waals surface area (Å²) in [6.07, 6.45) is -3.95. The highest BCUT2D eigenvalue weighted by Crippen LogP contribution is 2.59. The molecule has 0 spiro atoms. The minimum absolute atomic E-state index is 0.0718. The van der Waals surface area contributed by atoms with E-state index >= 15 is 0 Å². The monoisotopic (exact) mass is 205 g/mol. The molecule has 0 radical (unpaired) electrons. The second-order valence-electron chi connectivity index (χ2n) is 3.79. The third kappa shape index (κ3) is 1.07. The first-order valence-electron chi connectivity index (χ1n) is 4.38. The van der Waals surface area contributed by atoms with E-state index in [1.807, 2.05) is 0 Å². The first-order valence-corrected chi connectivity index (χ1v) is 4.38. The second-order valence-corrected chi connectivity index (χ2v) is 3.79. The number of rotatable bonds is 1. The van der Waals surface area contributed by atoms with Gasteiger partial charge in [-0.15, -0.1) is 0 Å². The van der Waals surface area contributed by atoms with Gasteiger partial charge in [0, 0.05) is 5.56 Å². The van der Waals surface area contributed by atoms with Crippen LogP contribution in [-0.2, 0) is 5.41 Å². The van der Waals surface area contributed by atoms with E-state index in [2.05, 4.69) is 5.16 Å². The number of aryl methyl sites for hydroxylation is 1. The lowest BCUT2D eigenvalue weighted by atomic mass is 9.98. The summed E-state index contributed by atoms with van der Waals surface area (Å²) in [5.41, 5.74) is -1.11. The zero-order chi connectivity index (χ0) is 10.6. The number of nitrogens with zero attached hydrogens (tertiary/aromatic N) is 1. The molecule has 5 heteroatoms. The van der Waals surface area contributed by atoms with Gasteiger partial charge in [-0.1, -0.05) is 5.16 Å². The first kappa shape index (κ1) is 9.55. The van der Waals surface area contributed by atoms with Crippen molar-refractivity contribution < 1.29 is 17.7 Å². The summed E-state index contributed by atoms with van der Waals surface area (Å²) in [5, 5.41) is 3.52. The van der Waals surface area contributed by atoms with Crippen molar-refractivity contribution in [1.82, 2.24) is 5.16 Å². The van der Waals surface area contributed by atoms with Gasteiger partial charge in [0.15, 0.2) is 0 Å². The van der Waals surface area contributed by atoms with Crippen molar-refractivity contribution in [3.05, 3.63) is 17.0 Å². The minimum Gasteiger partial charge on any atom is -0.361 e. The van der Waals surface area contributed by atoms with Crippen LogP contribution in [0.4, 0.5) is 13.2 Å². The van der Waals surface area contributed by atoms with Gasteiger partial charge in [0.25, 0.3) is 0 Å². The van der Waals surface area contributed by atoms with Crippen LogP contribution in [0.15, 0.2) is 4.52 Å². The van der Waals surface area contributed by atoms with Crippen LogP contribution in [0, 0.1) is 13.8 Å². The molecule has 0 saturated heterocycles. The van der Waals surface area contributed by atoms with Crippen LogP contribution in [0.3, 0.4) is 0 Å². The van der Waals surface area contributed by atoms with Gasteiger partial charge >= 0.3 is 6.18 Å². The predicted octanol–water partition coefficient (Wildman–Crippen LogP) is 2.89. The van der Waals surface area contributed by atoms with Crippen molar-refractivity contribution in [2.75, 3.05) is 0 Å². The van der Waals surface area contributed by atoms with Gasteiger partial charge in [-0.25, -0.2) is 0 Å². The molecule has 1 aliphatic rings. The van der Waals surface area contributed by atoms with Crippen molar-refractivity contribution >= 4 is 0 Å². The number of halogens is 3. The van der Waals surface area contributed by atoms with Crippen molar-refractivity contribution in [1.29, 1.82) is 0 Å². The van der Waals surface area contributed by atoms with E-state index in [9.17, 15) is 13.2 Å². The van der Waals surface area contributed by atoms with Crippen molar-refractivity contribution in [3.8, 4) is 0 Å². The fourth-order valence-corrected chi connectivity index (χ4v) is 1.64. The van der Waals surface area contributed by atoms with E-state index < -0.39 is 11.6 Å². The normalized spacial score (nSPS) is 19.8. The van der Waals surface area contributed by atoms with Crippen molar-refractivity contribution in [2.45, 2.75) is 38.3 Å². The zero-order valence-corrected chi connectivity index (χ0v) is 7.90. The second kappa shape index (κ2) is 2.52. The standard InChI is InChI=1S/C9H10F3NO/c1-5-6(2)14-13-7(5)8(3-4-8)9(10,11)12/h3-4H2,1-2H3. The van der Waals surface area contributed by atoms with E-state index in [4.69, 9.17) is 4.52 Å². The van der Waals surface area contributed by atoms with Crippen LogP contribution in [0.2, 0.25) is 0 Å². The van der Waals surface area contributed by atoms with Crippen LogP contribution in [0.25, 0.3) is 0 Å². The van der Waals surface area contributed by atoms with E-state index in [0.717, 1.165) is 0 Å². The molecule has 1 heterocycles. The molecular weight excluding hydrogens is 195 g/mol. The zero-order valence-electron chi connectivity index (χ0n) is 7.90. The first-order chi connectivity index (χ1) is 6.38. The maximum atomic E-state index is 12.7. The molecular formula is C9H10F3NO. The van der Waals surface area contributed by atoms with Gasteiger partial charge in [0.1, 0.15) is 16.9 Å². The lowest BCUT2D eigenvalue weighted by molar-refractivity contribution is -0.162. The van der Waals surface area contributed by atoms with E-state index in [1.54, 1.807) is 13.8 Å². The maximum absolute atomic E-state index is 12.7. The van der Waals surface area contributed by atoms with Gasteiger partial charge in [-0.3, -0.25) is 0 Å². The highest BCUT2D eigenvalue weighted by atomic mass is 19.4. The van der Waals surface area contributed by atoms with Crippen LogP contribution in [0.1, 0.15) is 29.9 Å². The number of hydrogen-bond donors (Lipinski definition) is 0. The number of alkyl halides is 3. The fraction of sp³-hybridized carbons (Fsp3) is 0.667. The Kier molecular flexibility index (Phi) is 1.72. The summed E-state index contributed by atoms with van der Waals surface area (Å²) >= 11 is 0. The third-order valence-electron chi connectivity index (χ3n) is 2.90. The molecule has 1 fully saturated rings. The number of hydrogen-bond acceptors (Lipinski definition) is 2. The third-order valence-corrected chi connectivity index (χ3v) is 2.90. The lowest BCUT2D eigenvalue weighted by Crippen LogP contribution is -2.29. The summed E-state index contributed by atoms with van der Waals surface area (Å²) in [5.74, 6) is 0.468. The Labute approximate surface area is 79.1 Å². The van der Waals surface area contributed by atoms with Crippen LogP contribution >= 0.6 is 0 Å². The summed E-state index contributed by atoms with van der Waals surface area (Å²) < 4.78 is 42.8. The Hall–Kier alpha value is -1.00. The van der Waals surface area contributed by atoms with Crippen molar-refractivity contribution in [2.24, 2.45) is 0 Å². The summed E-state index contributed by atoms with van der Waals surface area (Å²) in [4.78, 5) is 0. The van der Waals surface area contributed by atoms with Gasteiger partial charge < -0.3 is 4.52 Å². The predicted molar refractivity (Wildman–Crippen MR) is 42.9 cm³/mol. The minimum atomic E-state index is -4.21. The quantitative estimate of drug-likeness (QED) is 0.704. The molecule has 0 amide bonds. The Balaban J connectivity index is 2.46. The van der Waals surface area contributed by atoms with Crippen LogP contribution in [-0.4, -0.2) is 11.3 Å². The van der Waals surface area contributed by atoms with Crippen LogP contribution in [0.5, 0.6) is 0 Å². The highest BCUT2D eigenvalue weighted by Gasteiger charge is 2.66. The molecule has 2 rings (SSSR count). The van der Waals surface area contributed by atoms with Crippen LogP contribution < -0.4 is 0 Å². The Morgan fingerprint density at radius 1 is 1.29 bits per heavy atom. The highest BCUT2D eigenvalue weighted by molar-refractivity contribution is 5.34. The Morgan fingerprint density at radius 3 is 2.14 bits per heavy atom. The molecule has 0 unspecified atom stereocenters. The largest absolute Gasteiger partial charge is 0.400 e.